The number of amides is 1. The van der Waals surface area contributed by atoms with Crippen molar-refractivity contribution in [2.24, 2.45) is 0 Å². The van der Waals surface area contributed by atoms with Gasteiger partial charge in [-0.15, -0.1) is 5.10 Å². The molecular weight excluding hydrogens is 486 g/mol. The van der Waals surface area contributed by atoms with E-state index in [9.17, 15) is 9.59 Å². The number of nitrogens with zero attached hydrogens (tertiary/aromatic N) is 4. The third-order valence-electron chi connectivity index (χ3n) is 6.21. The average Bonchev–Trinajstić information content (AvgIpc) is 3.60. The molecule has 1 amide bonds. The van der Waals surface area contributed by atoms with Gasteiger partial charge in [-0.05, 0) is 69.8 Å². The Morgan fingerprint density at radius 2 is 1.92 bits per heavy atom. The van der Waals surface area contributed by atoms with Crippen molar-refractivity contribution in [1.29, 1.82) is 0 Å². The Balaban J connectivity index is 1.33. The number of rotatable bonds is 9. The van der Waals surface area contributed by atoms with E-state index in [1.165, 1.54) is 28.2 Å². The summed E-state index contributed by atoms with van der Waals surface area (Å²) in [5, 5.41) is 14.7. The average molecular weight is 510 g/mol. The first-order chi connectivity index (χ1) is 18.0. The Labute approximate surface area is 219 Å². The molecule has 0 fully saturated rings. The van der Waals surface area contributed by atoms with Crippen LogP contribution in [0, 0.1) is 0 Å². The van der Waals surface area contributed by atoms with Gasteiger partial charge in [0.05, 0.1) is 11.7 Å². The Hall–Kier alpha value is -4.36. The van der Waals surface area contributed by atoms with Gasteiger partial charge in [-0.3, -0.25) is 9.59 Å². The quantitative estimate of drug-likeness (QED) is 0.337. The molecule has 37 heavy (non-hydrogen) atoms. The Kier molecular flexibility index (Phi) is 7.33. The molecule has 0 unspecified atom stereocenters. The minimum absolute atomic E-state index is 0.0476. The highest BCUT2D eigenvalue weighted by Crippen LogP contribution is 2.22. The van der Waals surface area contributed by atoms with E-state index in [4.69, 9.17) is 11.6 Å². The number of ketones is 1. The standard InChI is InChI=1S/C29H24ClN5O2/c30-25-12-13-27(35-19-31-33-34-35)24(18-25)11-14-29(37)32-26(16-20-5-2-1-3-6-20)28(36)17-21-9-10-22-7-4-8-23(22)15-21/h1-7,9-15,18-19,26H,8,16-17H2,(H,32,37)/b14-11+/t26-/m0/s1. The van der Waals surface area contributed by atoms with Crippen LogP contribution >= 0.6 is 11.6 Å². The number of hydrogen-bond acceptors (Lipinski definition) is 5. The van der Waals surface area contributed by atoms with Crippen molar-refractivity contribution >= 4 is 35.4 Å². The van der Waals surface area contributed by atoms with Gasteiger partial charge in [0.15, 0.2) is 5.78 Å². The van der Waals surface area contributed by atoms with Crippen molar-refractivity contribution in [3.63, 3.8) is 0 Å². The third-order valence-corrected chi connectivity index (χ3v) is 6.44. The molecule has 0 bridgehead atoms. The molecule has 0 spiro atoms. The summed E-state index contributed by atoms with van der Waals surface area (Å²) in [5.41, 5.74) is 5.66. The van der Waals surface area contributed by atoms with Gasteiger partial charge in [-0.1, -0.05) is 72.3 Å². The van der Waals surface area contributed by atoms with Crippen molar-refractivity contribution in [3.05, 3.63) is 118 Å². The van der Waals surface area contributed by atoms with E-state index < -0.39 is 6.04 Å². The van der Waals surface area contributed by atoms with E-state index in [0.717, 1.165) is 17.5 Å². The molecule has 1 aliphatic carbocycles. The van der Waals surface area contributed by atoms with Crippen LogP contribution in [-0.2, 0) is 28.9 Å². The largest absolute Gasteiger partial charge is 0.342 e. The molecule has 8 heteroatoms. The van der Waals surface area contributed by atoms with Crippen LogP contribution in [0.3, 0.4) is 0 Å². The van der Waals surface area contributed by atoms with Crippen molar-refractivity contribution in [3.8, 4) is 5.69 Å². The van der Waals surface area contributed by atoms with E-state index in [1.807, 2.05) is 42.5 Å². The molecule has 1 atom stereocenters. The van der Waals surface area contributed by atoms with Gasteiger partial charge >= 0.3 is 0 Å². The number of nitrogens with one attached hydrogen (secondary N) is 1. The van der Waals surface area contributed by atoms with Gasteiger partial charge in [0.25, 0.3) is 0 Å². The van der Waals surface area contributed by atoms with Crippen molar-refractivity contribution in [2.75, 3.05) is 0 Å². The van der Waals surface area contributed by atoms with Crippen LogP contribution in [0.1, 0.15) is 27.8 Å². The number of fused-ring (bicyclic) bond motifs is 1. The minimum Gasteiger partial charge on any atom is -0.342 e. The van der Waals surface area contributed by atoms with E-state index >= 15 is 0 Å². The molecule has 0 aliphatic heterocycles. The fourth-order valence-electron chi connectivity index (χ4n) is 4.37. The van der Waals surface area contributed by atoms with Crippen molar-refractivity contribution in [2.45, 2.75) is 25.3 Å². The zero-order chi connectivity index (χ0) is 25.6. The molecule has 4 aromatic rings. The lowest BCUT2D eigenvalue weighted by Gasteiger charge is -2.17. The molecule has 0 saturated heterocycles. The molecule has 1 aromatic heterocycles. The molecule has 184 valence electrons. The lowest BCUT2D eigenvalue weighted by Crippen LogP contribution is -2.42. The predicted molar refractivity (Wildman–Crippen MR) is 143 cm³/mol. The number of carbonyl (C=O) groups is 2. The van der Waals surface area contributed by atoms with Gasteiger partial charge in [0, 0.05) is 23.1 Å². The number of hydrogen-bond donors (Lipinski definition) is 1. The summed E-state index contributed by atoms with van der Waals surface area (Å²) >= 11 is 6.18. The van der Waals surface area contributed by atoms with Gasteiger partial charge in [-0.25, -0.2) is 0 Å². The van der Waals surface area contributed by atoms with Crippen LogP contribution in [0.25, 0.3) is 17.8 Å². The summed E-state index contributed by atoms with van der Waals surface area (Å²) < 4.78 is 1.49. The second-order valence-corrected chi connectivity index (χ2v) is 9.26. The topological polar surface area (TPSA) is 89.8 Å². The van der Waals surface area contributed by atoms with E-state index in [1.54, 1.807) is 24.3 Å². The first-order valence-corrected chi connectivity index (χ1v) is 12.3. The number of aromatic nitrogens is 4. The lowest BCUT2D eigenvalue weighted by atomic mass is 9.96. The number of halogens is 1. The summed E-state index contributed by atoms with van der Waals surface area (Å²) in [5.74, 6) is -0.427. The summed E-state index contributed by atoms with van der Waals surface area (Å²) in [4.78, 5) is 26.4. The van der Waals surface area contributed by atoms with E-state index in [0.29, 0.717) is 22.7 Å². The lowest BCUT2D eigenvalue weighted by molar-refractivity contribution is -0.125. The normalized spacial score (nSPS) is 13.0. The molecule has 0 saturated carbocycles. The maximum Gasteiger partial charge on any atom is 0.244 e. The summed E-state index contributed by atoms with van der Waals surface area (Å²) in [6.07, 6.45) is 10.2. The summed E-state index contributed by atoms with van der Waals surface area (Å²) in [6.45, 7) is 0. The van der Waals surface area contributed by atoms with Crippen molar-refractivity contribution in [1.82, 2.24) is 25.5 Å². The van der Waals surface area contributed by atoms with Crippen LogP contribution in [0.5, 0.6) is 0 Å². The van der Waals surface area contributed by atoms with Gasteiger partial charge in [0.2, 0.25) is 5.91 Å². The fraction of sp³-hybridized carbons (Fsp3) is 0.138. The summed E-state index contributed by atoms with van der Waals surface area (Å²) in [7, 11) is 0. The Morgan fingerprint density at radius 1 is 1.05 bits per heavy atom. The highest BCUT2D eigenvalue weighted by molar-refractivity contribution is 6.30. The fourth-order valence-corrected chi connectivity index (χ4v) is 4.55. The second-order valence-electron chi connectivity index (χ2n) is 8.82. The third kappa shape index (κ3) is 6.08. The monoisotopic (exact) mass is 509 g/mol. The molecule has 1 N–H and O–H groups in total. The highest BCUT2D eigenvalue weighted by Gasteiger charge is 2.21. The Bertz CT molecular complexity index is 1480. The maximum atomic E-state index is 13.4. The zero-order valence-corrected chi connectivity index (χ0v) is 20.7. The van der Waals surface area contributed by atoms with Crippen LogP contribution in [0.4, 0.5) is 0 Å². The van der Waals surface area contributed by atoms with Gasteiger partial charge in [-0.2, -0.15) is 4.68 Å². The van der Waals surface area contributed by atoms with E-state index in [-0.39, 0.29) is 18.1 Å². The number of tetrazole rings is 1. The highest BCUT2D eigenvalue weighted by atomic mass is 35.5. The molecule has 3 aromatic carbocycles. The summed E-state index contributed by atoms with van der Waals surface area (Å²) in [6, 6.07) is 20.3. The zero-order valence-electron chi connectivity index (χ0n) is 19.9. The van der Waals surface area contributed by atoms with Crippen molar-refractivity contribution < 1.29 is 9.59 Å². The minimum atomic E-state index is -0.677. The maximum absolute atomic E-state index is 13.4. The molecular formula is C29H24ClN5O2. The van der Waals surface area contributed by atoms with Crippen LogP contribution in [0.15, 0.2) is 85.2 Å². The second kappa shape index (κ2) is 11.1. The van der Waals surface area contributed by atoms with Gasteiger partial charge in [0.1, 0.15) is 6.33 Å². The Morgan fingerprint density at radius 3 is 2.73 bits per heavy atom. The molecule has 5 rings (SSSR count). The van der Waals surface area contributed by atoms with Crippen LogP contribution in [-0.4, -0.2) is 37.9 Å². The molecule has 7 nitrogen and oxygen atoms in total. The first kappa shape index (κ1) is 24.3. The SMILES string of the molecule is O=C(/C=C/c1cc(Cl)ccc1-n1cnnn1)N[C@@H](Cc1ccccc1)C(=O)Cc1ccc2c(c1)CC=C2. The van der Waals surface area contributed by atoms with Gasteiger partial charge < -0.3 is 5.32 Å². The first-order valence-electron chi connectivity index (χ1n) is 11.9. The predicted octanol–water partition coefficient (Wildman–Crippen LogP) is 4.44. The number of allylic oxidation sites excluding steroid dienone is 1. The number of Topliss-reactive ketones (excluding diaryl/α,β-unsaturated/α-hetero) is 1. The number of benzene rings is 3. The van der Waals surface area contributed by atoms with Crippen LogP contribution < -0.4 is 5.32 Å². The number of carbonyl (C=O) groups excluding carboxylic acids is 2. The molecule has 1 heterocycles. The van der Waals surface area contributed by atoms with Crippen LogP contribution in [0.2, 0.25) is 5.02 Å². The van der Waals surface area contributed by atoms with E-state index in [2.05, 4.69) is 39.1 Å². The smallest absolute Gasteiger partial charge is 0.244 e. The molecule has 1 aliphatic rings. The molecule has 0 radical (unpaired) electrons.